The van der Waals surface area contributed by atoms with Crippen molar-refractivity contribution in [3.8, 4) is 5.75 Å². The van der Waals surface area contributed by atoms with Gasteiger partial charge in [-0.15, -0.1) is 0 Å². The third-order valence-electron chi connectivity index (χ3n) is 5.84. The molecule has 1 aromatic carbocycles. The van der Waals surface area contributed by atoms with Gasteiger partial charge in [-0.3, -0.25) is 9.48 Å². The molecule has 0 fully saturated rings. The zero-order valence-electron chi connectivity index (χ0n) is 17.5. The zero-order chi connectivity index (χ0) is 21.7. The van der Waals surface area contributed by atoms with Crippen molar-refractivity contribution in [2.75, 3.05) is 26.5 Å². The van der Waals surface area contributed by atoms with E-state index < -0.39 is 0 Å². The second kappa shape index (κ2) is 7.21. The lowest BCUT2D eigenvalue weighted by molar-refractivity contribution is 0.0342. The maximum atomic E-state index is 13.4. The molecule has 1 atom stereocenters. The van der Waals surface area contributed by atoms with Crippen molar-refractivity contribution in [3.05, 3.63) is 53.5 Å². The molecule has 158 valence electrons. The van der Waals surface area contributed by atoms with Crippen LogP contribution >= 0.6 is 0 Å². The van der Waals surface area contributed by atoms with Gasteiger partial charge in [0.1, 0.15) is 17.3 Å². The number of aryl methyl sites for hydroxylation is 1. The summed E-state index contributed by atoms with van der Waals surface area (Å²) in [5.41, 5.74) is 9.88. The molecule has 4 heterocycles. The number of carbonyl (C=O) groups excluding carboxylic acids is 1. The Morgan fingerprint density at radius 2 is 2.13 bits per heavy atom. The van der Waals surface area contributed by atoms with Crippen molar-refractivity contribution < 1.29 is 14.3 Å². The summed E-state index contributed by atoms with van der Waals surface area (Å²) in [5, 5.41) is 5.81. The zero-order valence-corrected chi connectivity index (χ0v) is 17.5. The van der Waals surface area contributed by atoms with Crippen LogP contribution in [0.25, 0.3) is 21.8 Å². The summed E-state index contributed by atoms with van der Waals surface area (Å²) < 4.78 is 12.8. The van der Waals surface area contributed by atoms with Crippen molar-refractivity contribution in [1.82, 2.24) is 24.6 Å². The van der Waals surface area contributed by atoms with E-state index in [1.54, 1.807) is 42.2 Å². The quantitative estimate of drug-likeness (QED) is 0.544. The number of ether oxygens (including phenoxy) is 2. The van der Waals surface area contributed by atoms with Crippen molar-refractivity contribution in [2.45, 2.75) is 12.6 Å². The lowest BCUT2D eigenvalue weighted by Crippen LogP contribution is -2.36. The van der Waals surface area contributed by atoms with E-state index >= 15 is 0 Å². The van der Waals surface area contributed by atoms with Crippen molar-refractivity contribution in [3.63, 3.8) is 0 Å². The summed E-state index contributed by atoms with van der Waals surface area (Å²) in [4.78, 5) is 23.8. The summed E-state index contributed by atoms with van der Waals surface area (Å²) in [7, 11) is 5.23. The number of hydrogen-bond donors (Lipinski definition) is 1. The first kappa shape index (κ1) is 19.3. The summed E-state index contributed by atoms with van der Waals surface area (Å²) in [6.45, 7) is 0.907. The molecule has 1 aliphatic heterocycles. The predicted octanol–water partition coefficient (Wildman–Crippen LogP) is 2.45. The Morgan fingerprint density at radius 1 is 1.29 bits per heavy atom. The number of fused-ring (bicyclic) bond motifs is 4. The summed E-state index contributed by atoms with van der Waals surface area (Å²) >= 11 is 0. The molecule has 4 aromatic rings. The minimum atomic E-state index is -0.221. The van der Waals surface area contributed by atoms with Gasteiger partial charge in [-0.25, -0.2) is 9.97 Å². The number of carbonyl (C=O) groups is 1. The Balaban J connectivity index is 1.54. The van der Waals surface area contributed by atoms with Crippen LogP contribution in [0.15, 0.2) is 36.7 Å². The van der Waals surface area contributed by atoms with E-state index in [1.807, 2.05) is 25.2 Å². The highest BCUT2D eigenvalue weighted by Crippen LogP contribution is 2.33. The van der Waals surface area contributed by atoms with Crippen LogP contribution in [0, 0.1) is 0 Å². The standard InChI is InChI=1S/C22H22N6O3/c1-27(19-11-31-10-12-6-13(30-3)4-5-14(12)19)22(29)17-7-15-18(9-24-17)26-21(23)16-8-25-28(2)20(15)16/h4-9,19H,10-11H2,1-3H3,(H2,23,26)/t19-/m1/s1. The topological polar surface area (TPSA) is 108 Å². The second-order valence-electron chi connectivity index (χ2n) is 7.63. The lowest BCUT2D eigenvalue weighted by atomic mass is 9.97. The molecule has 1 amide bonds. The number of benzene rings is 1. The molecule has 5 rings (SSSR count). The van der Waals surface area contributed by atoms with Crippen LogP contribution in [0.4, 0.5) is 5.82 Å². The first-order valence-electron chi connectivity index (χ1n) is 9.86. The maximum Gasteiger partial charge on any atom is 0.272 e. The van der Waals surface area contributed by atoms with Gasteiger partial charge < -0.3 is 20.1 Å². The van der Waals surface area contributed by atoms with E-state index in [0.29, 0.717) is 30.2 Å². The molecule has 9 heteroatoms. The monoisotopic (exact) mass is 418 g/mol. The number of nitrogens with two attached hydrogens (primary N) is 1. The SMILES string of the molecule is COc1ccc2c(c1)COC[C@H]2N(C)C(=O)c1cc2c(cn1)nc(N)c1cnn(C)c12. The van der Waals surface area contributed by atoms with Gasteiger partial charge in [0.15, 0.2) is 0 Å². The smallest absolute Gasteiger partial charge is 0.272 e. The Labute approximate surface area is 178 Å². The highest BCUT2D eigenvalue weighted by Gasteiger charge is 2.29. The van der Waals surface area contributed by atoms with Crippen molar-refractivity contribution in [1.29, 1.82) is 0 Å². The van der Waals surface area contributed by atoms with Crippen molar-refractivity contribution >= 4 is 33.5 Å². The first-order chi connectivity index (χ1) is 15.0. The van der Waals surface area contributed by atoms with Crippen LogP contribution in [0.5, 0.6) is 5.75 Å². The number of nitrogens with zero attached hydrogens (tertiary/aromatic N) is 5. The molecule has 0 bridgehead atoms. The number of likely N-dealkylation sites (N-methyl/N-ethyl adjacent to an activating group) is 1. The highest BCUT2D eigenvalue weighted by molar-refractivity contribution is 6.09. The molecule has 3 aromatic heterocycles. The Hall–Kier alpha value is -3.72. The lowest BCUT2D eigenvalue weighted by Gasteiger charge is -2.33. The summed E-state index contributed by atoms with van der Waals surface area (Å²) in [5.74, 6) is 0.950. The van der Waals surface area contributed by atoms with Gasteiger partial charge in [0.25, 0.3) is 5.91 Å². The van der Waals surface area contributed by atoms with Gasteiger partial charge in [0.05, 0.1) is 55.2 Å². The predicted molar refractivity (Wildman–Crippen MR) is 116 cm³/mol. The number of rotatable bonds is 3. The number of anilines is 1. The molecule has 9 nitrogen and oxygen atoms in total. The molecule has 0 aliphatic carbocycles. The average Bonchev–Trinajstić information content (AvgIpc) is 3.19. The third-order valence-corrected chi connectivity index (χ3v) is 5.84. The second-order valence-corrected chi connectivity index (χ2v) is 7.63. The average molecular weight is 418 g/mol. The first-order valence-corrected chi connectivity index (χ1v) is 9.86. The Morgan fingerprint density at radius 3 is 2.94 bits per heavy atom. The number of pyridine rings is 2. The van der Waals surface area contributed by atoms with Gasteiger partial charge >= 0.3 is 0 Å². The largest absolute Gasteiger partial charge is 0.497 e. The molecule has 0 saturated heterocycles. The maximum absolute atomic E-state index is 13.4. The molecule has 0 unspecified atom stereocenters. The minimum Gasteiger partial charge on any atom is -0.497 e. The van der Waals surface area contributed by atoms with Gasteiger partial charge in [-0.2, -0.15) is 5.10 Å². The van der Waals surface area contributed by atoms with Gasteiger partial charge in [0, 0.05) is 19.5 Å². The molecule has 31 heavy (non-hydrogen) atoms. The summed E-state index contributed by atoms with van der Waals surface area (Å²) in [6, 6.07) is 7.37. The third kappa shape index (κ3) is 3.05. The van der Waals surface area contributed by atoms with Crippen LogP contribution in [-0.2, 0) is 18.4 Å². The van der Waals surface area contributed by atoms with Crippen LogP contribution in [0.2, 0.25) is 0 Å². The normalized spacial score (nSPS) is 15.8. The number of amides is 1. The molecular formula is C22H22N6O3. The fourth-order valence-corrected chi connectivity index (χ4v) is 4.15. The van der Waals surface area contributed by atoms with Crippen molar-refractivity contribution in [2.24, 2.45) is 7.05 Å². The van der Waals surface area contributed by atoms with Gasteiger partial charge in [-0.05, 0) is 29.3 Å². The van der Waals surface area contributed by atoms with E-state index in [1.165, 1.54) is 0 Å². The fourth-order valence-electron chi connectivity index (χ4n) is 4.15. The number of nitrogen functional groups attached to an aromatic ring is 1. The molecule has 0 spiro atoms. The number of hydrogen-bond acceptors (Lipinski definition) is 7. The van der Waals surface area contributed by atoms with E-state index in [9.17, 15) is 4.79 Å². The van der Waals surface area contributed by atoms with E-state index in [4.69, 9.17) is 15.2 Å². The minimum absolute atomic E-state index is 0.202. The van der Waals surface area contributed by atoms with E-state index in [0.717, 1.165) is 33.2 Å². The highest BCUT2D eigenvalue weighted by atomic mass is 16.5. The Kier molecular flexibility index (Phi) is 4.48. The van der Waals surface area contributed by atoms with E-state index in [2.05, 4.69) is 15.1 Å². The summed E-state index contributed by atoms with van der Waals surface area (Å²) in [6.07, 6.45) is 3.26. The number of aromatic nitrogens is 4. The van der Waals surface area contributed by atoms with E-state index in [-0.39, 0.29) is 11.9 Å². The fraction of sp³-hybridized carbons (Fsp3) is 0.273. The van der Waals surface area contributed by atoms with Crippen LogP contribution < -0.4 is 10.5 Å². The molecule has 1 aliphatic rings. The Bertz CT molecular complexity index is 1330. The van der Waals surface area contributed by atoms with Crippen LogP contribution in [0.1, 0.15) is 27.7 Å². The molecule has 2 N–H and O–H groups in total. The van der Waals surface area contributed by atoms with Gasteiger partial charge in [0.2, 0.25) is 0 Å². The molecule has 0 saturated carbocycles. The van der Waals surface area contributed by atoms with Gasteiger partial charge in [-0.1, -0.05) is 6.07 Å². The number of methoxy groups -OCH3 is 1. The molecule has 0 radical (unpaired) electrons. The molecular weight excluding hydrogens is 396 g/mol. The van der Waals surface area contributed by atoms with Crippen LogP contribution in [-0.4, -0.2) is 51.3 Å². The van der Waals surface area contributed by atoms with Crippen LogP contribution in [0.3, 0.4) is 0 Å².